The van der Waals surface area contributed by atoms with Crippen molar-refractivity contribution in [3.63, 3.8) is 0 Å². The van der Waals surface area contributed by atoms with Crippen LogP contribution < -0.4 is 15.0 Å². The van der Waals surface area contributed by atoms with Crippen molar-refractivity contribution in [2.75, 3.05) is 55.1 Å². The summed E-state index contributed by atoms with van der Waals surface area (Å²) in [7, 11) is -3.15. The first kappa shape index (κ1) is 22.5. The van der Waals surface area contributed by atoms with Gasteiger partial charge < -0.3 is 19.7 Å². The summed E-state index contributed by atoms with van der Waals surface area (Å²) in [5.74, 6) is -0.229. The Kier molecular flexibility index (Phi) is 7.08. The fourth-order valence-electron chi connectivity index (χ4n) is 3.07. The fraction of sp³-hybridized carbons (Fsp3) is 0.350. The molecule has 11 heteroatoms. The topological polar surface area (TPSA) is 128 Å². The molecule has 1 aliphatic rings. The Morgan fingerprint density at radius 2 is 1.97 bits per heavy atom. The number of nitrogens with zero attached hydrogens (tertiary/aromatic N) is 2. The molecule has 2 aromatic carbocycles. The van der Waals surface area contributed by atoms with Gasteiger partial charge in [-0.15, -0.1) is 0 Å². The Hall–Kier alpha value is -3.18. The summed E-state index contributed by atoms with van der Waals surface area (Å²) in [4.78, 5) is 25.6. The van der Waals surface area contributed by atoms with Crippen LogP contribution in [0.4, 0.5) is 17.1 Å². The van der Waals surface area contributed by atoms with Gasteiger partial charge in [0.15, 0.2) is 9.84 Å². The van der Waals surface area contributed by atoms with Crippen LogP contribution in [0.2, 0.25) is 0 Å². The number of anilines is 2. The number of amides is 1. The highest BCUT2D eigenvalue weighted by Crippen LogP contribution is 2.28. The van der Waals surface area contributed by atoms with Gasteiger partial charge in [0.25, 0.3) is 11.6 Å². The van der Waals surface area contributed by atoms with Gasteiger partial charge in [0, 0.05) is 43.2 Å². The number of benzene rings is 2. The number of nitrogens with one attached hydrogen (secondary N) is 1. The average Bonchev–Trinajstić information content (AvgIpc) is 2.73. The van der Waals surface area contributed by atoms with E-state index in [0.29, 0.717) is 43.4 Å². The predicted molar refractivity (Wildman–Crippen MR) is 116 cm³/mol. The van der Waals surface area contributed by atoms with Gasteiger partial charge in [-0.1, -0.05) is 6.07 Å². The minimum Gasteiger partial charge on any atom is -0.492 e. The molecule has 1 saturated heterocycles. The zero-order chi connectivity index (χ0) is 22.4. The number of hydrogen-bond acceptors (Lipinski definition) is 8. The molecule has 1 aliphatic heterocycles. The molecule has 1 amide bonds. The summed E-state index contributed by atoms with van der Waals surface area (Å²) in [6.07, 6.45) is 1.12. The summed E-state index contributed by atoms with van der Waals surface area (Å²) in [6.45, 7) is 2.14. The normalized spacial score (nSPS) is 14.2. The van der Waals surface area contributed by atoms with Crippen LogP contribution >= 0.6 is 0 Å². The van der Waals surface area contributed by atoms with Crippen LogP contribution in [0.3, 0.4) is 0 Å². The Morgan fingerprint density at radius 3 is 2.65 bits per heavy atom. The molecular formula is C20H23N3O7S. The second-order valence-electron chi connectivity index (χ2n) is 7.02. The lowest BCUT2D eigenvalue weighted by Gasteiger charge is -2.30. The van der Waals surface area contributed by atoms with Gasteiger partial charge in [-0.3, -0.25) is 14.9 Å². The molecule has 1 N–H and O–H groups in total. The molecule has 10 nitrogen and oxygen atoms in total. The molecule has 3 rings (SSSR count). The highest BCUT2D eigenvalue weighted by atomic mass is 32.2. The smallest absolute Gasteiger partial charge is 0.270 e. The van der Waals surface area contributed by atoms with Gasteiger partial charge in [-0.05, 0) is 18.2 Å². The Labute approximate surface area is 179 Å². The third-order valence-corrected chi connectivity index (χ3v) is 5.51. The number of ether oxygens (including phenoxy) is 2. The first-order chi connectivity index (χ1) is 14.7. The maximum atomic E-state index is 13.0. The van der Waals surface area contributed by atoms with Crippen LogP contribution in [0.25, 0.3) is 0 Å². The SMILES string of the molecule is CS(=O)(=O)CCOc1cccc(NC(=O)c2cc([N+](=O)[O-])ccc2N2CCOCC2)c1. The maximum Gasteiger partial charge on any atom is 0.270 e. The summed E-state index contributed by atoms with van der Waals surface area (Å²) in [5.41, 5.74) is 1.01. The van der Waals surface area contributed by atoms with Crippen LogP contribution in [-0.4, -0.2) is 64.2 Å². The largest absolute Gasteiger partial charge is 0.492 e. The van der Waals surface area contributed by atoms with Crippen molar-refractivity contribution in [1.82, 2.24) is 0 Å². The van der Waals surface area contributed by atoms with E-state index in [-0.39, 0.29) is 23.6 Å². The van der Waals surface area contributed by atoms with E-state index in [1.807, 2.05) is 4.90 Å². The number of sulfone groups is 1. The zero-order valence-corrected chi connectivity index (χ0v) is 17.8. The molecule has 166 valence electrons. The first-order valence-electron chi connectivity index (χ1n) is 9.56. The molecule has 0 saturated carbocycles. The lowest BCUT2D eigenvalue weighted by molar-refractivity contribution is -0.384. The molecule has 0 radical (unpaired) electrons. The number of rotatable bonds is 8. The van der Waals surface area contributed by atoms with Crippen molar-refractivity contribution in [3.05, 3.63) is 58.1 Å². The van der Waals surface area contributed by atoms with Crippen LogP contribution in [-0.2, 0) is 14.6 Å². The summed E-state index contributed by atoms with van der Waals surface area (Å²) >= 11 is 0. The Bertz CT molecular complexity index is 1070. The molecule has 2 aromatic rings. The van der Waals surface area contributed by atoms with E-state index in [2.05, 4.69) is 5.32 Å². The number of carbonyl (C=O) groups is 1. The molecule has 1 fully saturated rings. The van der Waals surface area contributed by atoms with Crippen LogP contribution in [0.15, 0.2) is 42.5 Å². The first-order valence-corrected chi connectivity index (χ1v) is 11.6. The third kappa shape index (κ3) is 6.40. The van der Waals surface area contributed by atoms with Crippen molar-refractivity contribution in [2.45, 2.75) is 0 Å². The summed E-state index contributed by atoms with van der Waals surface area (Å²) < 4.78 is 33.2. The van der Waals surface area contributed by atoms with E-state index in [4.69, 9.17) is 9.47 Å². The second kappa shape index (κ2) is 9.75. The zero-order valence-electron chi connectivity index (χ0n) is 16.9. The lowest BCUT2D eigenvalue weighted by atomic mass is 10.1. The predicted octanol–water partition coefficient (Wildman–Crippen LogP) is 2.11. The van der Waals surface area contributed by atoms with Crippen LogP contribution in [0.1, 0.15) is 10.4 Å². The van der Waals surface area contributed by atoms with Gasteiger partial charge in [0.05, 0.1) is 35.1 Å². The van der Waals surface area contributed by atoms with Crippen molar-refractivity contribution in [3.8, 4) is 5.75 Å². The molecule has 0 aliphatic carbocycles. The van der Waals surface area contributed by atoms with E-state index in [1.54, 1.807) is 30.3 Å². The molecule has 0 aromatic heterocycles. The quantitative estimate of drug-likeness (QED) is 0.479. The molecule has 31 heavy (non-hydrogen) atoms. The number of morpholine rings is 1. The monoisotopic (exact) mass is 449 g/mol. The summed E-state index contributed by atoms with van der Waals surface area (Å²) in [6, 6.07) is 10.7. The second-order valence-corrected chi connectivity index (χ2v) is 9.28. The highest BCUT2D eigenvalue weighted by molar-refractivity contribution is 7.90. The van der Waals surface area contributed by atoms with Crippen LogP contribution in [0, 0.1) is 10.1 Å². The van der Waals surface area contributed by atoms with Crippen molar-refractivity contribution in [1.29, 1.82) is 0 Å². The van der Waals surface area contributed by atoms with E-state index >= 15 is 0 Å². The third-order valence-electron chi connectivity index (χ3n) is 4.60. The van der Waals surface area contributed by atoms with Crippen molar-refractivity contribution >= 4 is 32.8 Å². The number of non-ortho nitro benzene ring substituents is 1. The molecule has 0 unspecified atom stereocenters. The molecule has 0 spiro atoms. The van der Waals surface area contributed by atoms with Crippen molar-refractivity contribution in [2.24, 2.45) is 0 Å². The average molecular weight is 449 g/mol. The number of carbonyl (C=O) groups excluding carboxylic acids is 1. The highest BCUT2D eigenvalue weighted by Gasteiger charge is 2.22. The van der Waals surface area contributed by atoms with Gasteiger partial charge in [-0.25, -0.2) is 8.42 Å². The lowest BCUT2D eigenvalue weighted by Crippen LogP contribution is -2.37. The van der Waals surface area contributed by atoms with Gasteiger partial charge in [0.2, 0.25) is 0 Å². The van der Waals surface area contributed by atoms with E-state index in [0.717, 1.165) is 6.26 Å². The summed E-state index contributed by atoms with van der Waals surface area (Å²) in [5, 5.41) is 14.0. The Balaban J connectivity index is 1.79. The van der Waals surface area contributed by atoms with Gasteiger partial charge >= 0.3 is 0 Å². The molecule has 0 bridgehead atoms. The number of hydrogen-bond donors (Lipinski definition) is 1. The molecule has 0 atom stereocenters. The number of nitro groups is 1. The van der Waals surface area contributed by atoms with Crippen LogP contribution in [0.5, 0.6) is 5.75 Å². The Morgan fingerprint density at radius 1 is 1.23 bits per heavy atom. The van der Waals surface area contributed by atoms with Crippen molar-refractivity contribution < 1.29 is 27.6 Å². The van der Waals surface area contributed by atoms with E-state index < -0.39 is 20.7 Å². The van der Waals surface area contributed by atoms with Gasteiger partial charge in [0.1, 0.15) is 12.4 Å². The maximum absolute atomic E-state index is 13.0. The fourth-order valence-corrected chi connectivity index (χ4v) is 3.46. The standard InChI is InChI=1S/C20H23N3O7S/c1-31(27,28)12-11-30-17-4-2-3-15(13-17)21-20(24)18-14-16(23(25)26)5-6-19(18)22-7-9-29-10-8-22/h2-6,13-14H,7-12H2,1H3,(H,21,24). The number of nitro benzene ring substituents is 1. The van der Waals surface area contributed by atoms with E-state index in [1.165, 1.54) is 12.1 Å². The molecular weight excluding hydrogens is 426 g/mol. The minimum atomic E-state index is -3.15. The molecule has 1 heterocycles. The van der Waals surface area contributed by atoms with Gasteiger partial charge in [-0.2, -0.15) is 0 Å². The minimum absolute atomic E-state index is 0.0116. The van der Waals surface area contributed by atoms with E-state index in [9.17, 15) is 23.3 Å².